The summed E-state index contributed by atoms with van der Waals surface area (Å²) >= 11 is 0. The minimum absolute atomic E-state index is 0.0515. The van der Waals surface area contributed by atoms with E-state index in [1.54, 1.807) is 12.4 Å². The molecule has 6 nitrogen and oxygen atoms in total. The Balaban J connectivity index is 1.61. The summed E-state index contributed by atoms with van der Waals surface area (Å²) in [5.74, 6) is 0.0515. The molecular formula is C20H21N5O. The van der Waals surface area contributed by atoms with E-state index in [9.17, 15) is 4.79 Å². The number of amides is 1. The first-order valence-electron chi connectivity index (χ1n) is 8.87. The van der Waals surface area contributed by atoms with E-state index in [0.29, 0.717) is 6.54 Å². The Morgan fingerprint density at radius 3 is 2.73 bits per heavy atom. The van der Waals surface area contributed by atoms with Gasteiger partial charge in [0.05, 0.1) is 17.4 Å². The Bertz CT molecular complexity index is 870. The number of pyridine rings is 1. The number of carbonyl (C=O) groups excluding carboxylic acids is 1. The monoisotopic (exact) mass is 347 g/mol. The van der Waals surface area contributed by atoms with Gasteiger partial charge < -0.3 is 10.6 Å². The molecule has 3 aromatic rings. The van der Waals surface area contributed by atoms with Crippen molar-refractivity contribution in [2.24, 2.45) is 0 Å². The molecule has 1 atom stereocenters. The van der Waals surface area contributed by atoms with Crippen LogP contribution in [0.2, 0.25) is 0 Å². The van der Waals surface area contributed by atoms with Crippen molar-refractivity contribution < 1.29 is 4.79 Å². The number of hydrogen-bond acceptors (Lipinski definition) is 4. The summed E-state index contributed by atoms with van der Waals surface area (Å²) in [4.78, 5) is 16.4. The lowest BCUT2D eigenvalue weighted by Gasteiger charge is -2.11. The number of benzene rings is 1. The molecule has 1 aliphatic heterocycles. The molecule has 2 aromatic heterocycles. The molecule has 0 bridgehead atoms. The van der Waals surface area contributed by atoms with Crippen LogP contribution in [0, 0.1) is 0 Å². The van der Waals surface area contributed by atoms with Crippen molar-refractivity contribution in [2.45, 2.75) is 25.4 Å². The lowest BCUT2D eigenvalue weighted by atomic mass is 10.1. The van der Waals surface area contributed by atoms with Crippen LogP contribution in [0.3, 0.4) is 0 Å². The molecule has 0 saturated carbocycles. The van der Waals surface area contributed by atoms with Crippen molar-refractivity contribution in [2.75, 3.05) is 6.54 Å². The Labute approximate surface area is 152 Å². The quantitative estimate of drug-likeness (QED) is 0.743. The number of aromatic nitrogens is 3. The van der Waals surface area contributed by atoms with Gasteiger partial charge >= 0.3 is 0 Å². The molecule has 26 heavy (non-hydrogen) atoms. The van der Waals surface area contributed by atoms with Gasteiger partial charge in [0, 0.05) is 36.3 Å². The van der Waals surface area contributed by atoms with Crippen molar-refractivity contribution in [1.82, 2.24) is 25.4 Å². The van der Waals surface area contributed by atoms with Crippen molar-refractivity contribution in [3.8, 4) is 16.9 Å². The number of nitrogens with one attached hydrogen (secondary N) is 2. The number of para-hydroxylation sites is 1. The average Bonchev–Trinajstić information content (AvgIpc) is 3.38. The average molecular weight is 347 g/mol. The third kappa shape index (κ3) is 3.50. The fourth-order valence-electron chi connectivity index (χ4n) is 3.22. The zero-order chi connectivity index (χ0) is 17.8. The summed E-state index contributed by atoms with van der Waals surface area (Å²) in [6.45, 7) is 1.35. The summed E-state index contributed by atoms with van der Waals surface area (Å²) in [5, 5.41) is 11.0. The predicted octanol–water partition coefficient (Wildman–Crippen LogP) is 2.30. The molecule has 1 saturated heterocycles. The van der Waals surface area contributed by atoms with Crippen LogP contribution in [0.25, 0.3) is 16.9 Å². The Morgan fingerprint density at radius 2 is 2.00 bits per heavy atom. The summed E-state index contributed by atoms with van der Waals surface area (Å²) in [7, 11) is 0. The second kappa shape index (κ2) is 7.49. The van der Waals surface area contributed by atoms with Gasteiger partial charge in [0.2, 0.25) is 5.91 Å². The van der Waals surface area contributed by atoms with Crippen LogP contribution < -0.4 is 10.6 Å². The van der Waals surface area contributed by atoms with Gasteiger partial charge in [-0.05, 0) is 43.7 Å². The van der Waals surface area contributed by atoms with Crippen LogP contribution in [0.4, 0.5) is 0 Å². The minimum atomic E-state index is -0.0801. The maximum atomic E-state index is 12.3. The molecule has 0 unspecified atom stereocenters. The lowest BCUT2D eigenvalue weighted by molar-refractivity contribution is -0.122. The van der Waals surface area contributed by atoms with Crippen LogP contribution in [0.1, 0.15) is 18.4 Å². The topological polar surface area (TPSA) is 71.8 Å². The fraction of sp³-hybridized carbons (Fsp3) is 0.250. The van der Waals surface area contributed by atoms with Crippen molar-refractivity contribution in [3.05, 3.63) is 66.6 Å². The van der Waals surface area contributed by atoms with E-state index < -0.39 is 0 Å². The highest BCUT2D eigenvalue weighted by atomic mass is 16.2. The van der Waals surface area contributed by atoms with Gasteiger partial charge in [0.1, 0.15) is 0 Å². The molecule has 132 valence electrons. The van der Waals surface area contributed by atoms with Crippen LogP contribution in [0.15, 0.2) is 61.1 Å². The molecule has 1 amide bonds. The second-order valence-electron chi connectivity index (χ2n) is 6.39. The van der Waals surface area contributed by atoms with Gasteiger partial charge in [-0.15, -0.1) is 0 Å². The molecule has 4 rings (SSSR count). The molecule has 1 fully saturated rings. The van der Waals surface area contributed by atoms with Crippen molar-refractivity contribution in [3.63, 3.8) is 0 Å². The first kappa shape index (κ1) is 16.5. The van der Waals surface area contributed by atoms with Gasteiger partial charge in [-0.2, -0.15) is 5.10 Å². The second-order valence-corrected chi connectivity index (χ2v) is 6.39. The molecule has 6 heteroatoms. The van der Waals surface area contributed by atoms with Gasteiger partial charge in [-0.1, -0.05) is 18.2 Å². The highest BCUT2D eigenvalue weighted by Gasteiger charge is 2.22. The number of carbonyl (C=O) groups is 1. The Kier molecular flexibility index (Phi) is 4.75. The summed E-state index contributed by atoms with van der Waals surface area (Å²) in [5.41, 5.74) is 3.80. The molecule has 3 heterocycles. The first-order chi connectivity index (χ1) is 12.8. The zero-order valence-electron chi connectivity index (χ0n) is 14.4. The summed E-state index contributed by atoms with van der Waals surface area (Å²) in [6.07, 6.45) is 7.43. The van der Waals surface area contributed by atoms with E-state index in [-0.39, 0.29) is 11.9 Å². The van der Waals surface area contributed by atoms with E-state index in [2.05, 4.69) is 15.6 Å². The largest absolute Gasteiger partial charge is 0.351 e. The van der Waals surface area contributed by atoms with Gasteiger partial charge in [0.25, 0.3) is 0 Å². The molecule has 0 aliphatic carbocycles. The molecular weight excluding hydrogens is 326 g/mol. The molecule has 1 aromatic carbocycles. The van der Waals surface area contributed by atoms with Crippen LogP contribution >= 0.6 is 0 Å². The third-order valence-corrected chi connectivity index (χ3v) is 4.59. The molecule has 2 N–H and O–H groups in total. The first-order valence-corrected chi connectivity index (χ1v) is 8.87. The highest BCUT2D eigenvalue weighted by molar-refractivity contribution is 5.82. The van der Waals surface area contributed by atoms with Crippen LogP contribution in [0.5, 0.6) is 0 Å². The predicted molar refractivity (Wildman–Crippen MR) is 99.7 cm³/mol. The fourth-order valence-corrected chi connectivity index (χ4v) is 3.22. The van der Waals surface area contributed by atoms with Crippen LogP contribution in [-0.2, 0) is 11.3 Å². The van der Waals surface area contributed by atoms with E-state index in [1.807, 2.05) is 53.3 Å². The summed E-state index contributed by atoms with van der Waals surface area (Å²) < 4.78 is 1.85. The van der Waals surface area contributed by atoms with E-state index in [0.717, 1.165) is 41.9 Å². The van der Waals surface area contributed by atoms with E-state index in [4.69, 9.17) is 5.10 Å². The summed E-state index contributed by atoms with van der Waals surface area (Å²) in [6, 6.07) is 13.7. The van der Waals surface area contributed by atoms with Gasteiger partial charge in [-0.3, -0.25) is 9.78 Å². The number of hydrogen-bond donors (Lipinski definition) is 2. The maximum Gasteiger partial charge on any atom is 0.237 e. The van der Waals surface area contributed by atoms with Crippen LogP contribution in [-0.4, -0.2) is 33.3 Å². The SMILES string of the molecule is O=C(NCc1cn(-c2ccccc2)nc1-c1ccncc1)[C@H]1CCCN1. The van der Waals surface area contributed by atoms with E-state index in [1.165, 1.54) is 0 Å². The van der Waals surface area contributed by atoms with Gasteiger partial charge in [0.15, 0.2) is 0 Å². The maximum absolute atomic E-state index is 12.3. The normalized spacial score (nSPS) is 16.5. The Hall–Kier alpha value is -2.99. The lowest BCUT2D eigenvalue weighted by Crippen LogP contribution is -2.40. The number of rotatable bonds is 5. The molecule has 1 aliphatic rings. The molecule has 0 spiro atoms. The minimum Gasteiger partial charge on any atom is -0.351 e. The third-order valence-electron chi connectivity index (χ3n) is 4.59. The number of nitrogens with zero attached hydrogens (tertiary/aromatic N) is 3. The van der Waals surface area contributed by atoms with E-state index >= 15 is 0 Å². The van der Waals surface area contributed by atoms with Crippen molar-refractivity contribution >= 4 is 5.91 Å². The molecule has 0 radical (unpaired) electrons. The standard InChI is InChI=1S/C20H21N5O/c26-20(18-7-4-10-22-18)23-13-16-14-25(17-5-2-1-3-6-17)24-19(16)15-8-11-21-12-9-15/h1-3,5-6,8-9,11-12,14,18,22H,4,7,10,13H2,(H,23,26)/t18-/m1/s1. The van der Waals surface area contributed by atoms with Crippen molar-refractivity contribution in [1.29, 1.82) is 0 Å². The smallest absolute Gasteiger partial charge is 0.237 e. The zero-order valence-corrected chi connectivity index (χ0v) is 14.4. The Morgan fingerprint density at radius 1 is 1.19 bits per heavy atom. The highest BCUT2D eigenvalue weighted by Crippen LogP contribution is 2.23. The van der Waals surface area contributed by atoms with Gasteiger partial charge in [-0.25, -0.2) is 4.68 Å².